The van der Waals surface area contributed by atoms with Crippen LogP contribution in [0.2, 0.25) is 0 Å². The molecular weight excluding hydrogens is 1200 g/mol. The van der Waals surface area contributed by atoms with Crippen molar-refractivity contribution >= 4 is 74.7 Å². The molecule has 0 unspecified atom stereocenters. The van der Waals surface area contributed by atoms with Crippen LogP contribution in [0, 0.1) is 11.8 Å². The van der Waals surface area contributed by atoms with Crippen molar-refractivity contribution in [2.75, 3.05) is 88.5 Å². The minimum absolute atomic E-state index is 0.0113. The summed E-state index contributed by atoms with van der Waals surface area (Å²) in [4.78, 5) is 119. The van der Waals surface area contributed by atoms with Gasteiger partial charge in [0, 0.05) is 86.9 Å². The number of hydrogen-bond acceptors (Lipinski definition) is 18. The maximum atomic E-state index is 14.0. The zero-order chi connectivity index (χ0) is 66.3. The predicted octanol–water partition coefficient (Wildman–Crippen LogP) is 3.92. The predicted molar refractivity (Wildman–Crippen MR) is 335 cm³/mol. The molecule has 2 heterocycles. The third kappa shape index (κ3) is 25.9. The molecule has 3 aromatic carbocycles. The second-order valence-electron chi connectivity index (χ2n) is 22.1. The summed E-state index contributed by atoms with van der Waals surface area (Å²) in [5, 5.41) is 24.7. The van der Waals surface area contributed by atoms with Gasteiger partial charge in [-0.2, -0.15) is 8.42 Å². The van der Waals surface area contributed by atoms with E-state index in [0.29, 0.717) is 29.2 Å². The maximum Gasteiger partial charge on any atom is 0.312 e. The quantitative estimate of drug-likeness (QED) is 0.0177. The molecule has 5 rings (SSSR count). The Morgan fingerprint density at radius 1 is 0.670 bits per heavy atom. The molecule has 29 heteroatoms. The van der Waals surface area contributed by atoms with Crippen LogP contribution < -0.4 is 42.5 Å². The lowest BCUT2D eigenvalue weighted by Gasteiger charge is -2.28. The van der Waals surface area contributed by atoms with E-state index in [2.05, 4.69) is 42.2 Å². The van der Waals surface area contributed by atoms with Crippen molar-refractivity contribution in [2.24, 2.45) is 17.6 Å². The normalized spacial score (nSPS) is 12.9. The summed E-state index contributed by atoms with van der Waals surface area (Å²) in [7, 11) is -4.38. The van der Waals surface area contributed by atoms with Crippen LogP contribution >= 0.6 is 0 Å². The number of carbonyl (C=O) groups excluding carboxylic acids is 9. The summed E-state index contributed by atoms with van der Waals surface area (Å²) in [5.74, 6) is -6.25. The third-order valence-corrected chi connectivity index (χ3v) is 15.0. The summed E-state index contributed by atoms with van der Waals surface area (Å²) in [6, 6.07) is 18.8. The SMILES string of the molecule is CCC(=O)OCc1ccc(NC(=O)[C@H](CCCNC(N)=O)CC(=O)[C@@H](NC(=O)[C@@H](CCC(=O)NCCS(=O)(=O)O)NC(=O)CCOCCOCCOCCOCCNC(=O)CCC(=O)N2Cc3ccccc3-c3c(nnn3C(C)C)-c3ccccc32)C(C)C)cc1. The average Bonchev–Trinajstić information content (AvgIpc) is 1.71. The zero-order valence-electron chi connectivity index (χ0n) is 52.3. The van der Waals surface area contributed by atoms with Gasteiger partial charge in [0.2, 0.25) is 35.4 Å². The van der Waals surface area contributed by atoms with Crippen molar-refractivity contribution in [1.82, 2.24) is 41.6 Å². The van der Waals surface area contributed by atoms with Crippen molar-refractivity contribution in [3.63, 3.8) is 0 Å². The Hall–Kier alpha value is -8.22. The van der Waals surface area contributed by atoms with Gasteiger partial charge in [0.25, 0.3) is 10.1 Å². The van der Waals surface area contributed by atoms with Gasteiger partial charge in [0.05, 0.1) is 82.6 Å². The number of hydrogen-bond donors (Lipinski definition) is 8. The number of nitrogens with two attached hydrogens (primary N) is 1. The van der Waals surface area contributed by atoms with E-state index in [0.717, 1.165) is 22.4 Å². The van der Waals surface area contributed by atoms with Gasteiger partial charge in [-0.05, 0) is 68.4 Å². The second kappa shape index (κ2) is 38.5. The van der Waals surface area contributed by atoms with Gasteiger partial charge in [-0.3, -0.25) is 42.9 Å². The fourth-order valence-corrected chi connectivity index (χ4v) is 9.90. The van der Waals surface area contributed by atoms with Crippen molar-refractivity contribution in [3.05, 3.63) is 83.9 Å². The molecule has 0 radical (unpaired) electrons. The van der Waals surface area contributed by atoms with E-state index in [1.54, 1.807) is 49.9 Å². The van der Waals surface area contributed by atoms with Gasteiger partial charge >= 0.3 is 12.0 Å². The van der Waals surface area contributed by atoms with Crippen molar-refractivity contribution < 1.29 is 79.8 Å². The number of carbonyl (C=O) groups is 9. The molecule has 498 valence electrons. The van der Waals surface area contributed by atoms with Gasteiger partial charge in [0.15, 0.2) is 5.78 Å². The van der Waals surface area contributed by atoms with Crippen molar-refractivity contribution in [3.8, 4) is 22.5 Å². The van der Waals surface area contributed by atoms with E-state index in [9.17, 15) is 51.6 Å². The topological polar surface area (TPSA) is 386 Å². The van der Waals surface area contributed by atoms with E-state index in [1.807, 2.05) is 67.1 Å². The number of primary amides is 1. The van der Waals surface area contributed by atoms with Crippen LogP contribution in [0.25, 0.3) is 22.5 Å². The fourth-order valence-electron chi connectivity index (χ4n) is 9.54. The first kappa shape index (κ1) is 73.5. The Morgan fingerprint density at radius 3 is 1.95 bits per heavy atom. The number of para-hydroxylation sites is 1. The van der Waals surface area contributed by atoms with Crippen LogP contribution in [-0.4, -0.2) is 172 Å². The molecule has 1 aliphatic rings. The number of rotatable bonds is 41. The average molecular weight is 1290 g/mol. The Morgan fingerprint density at radius 2 is 1.30 bits per heavy atom. The van der Waals surface area contributed by atoms with E-state index in [-0.39, 0.29) is 154 Å². The third-order valence-electron chi connectivity index (χ3n) is 14.3. The van der Waals surface area contributed by atoms with Gasteiger partial charge < -0.3 is 66.2 Å². The standard InChI is InChI=1S/C62H87N11O17S/c1-6-56(79)90-40-43-17-19-46(20-18-43)67-60(80)44(13-11-26-66-62(63)82)38-51(74)57(41(2)3)69-61(81)49(21-22-52(75)65-28-37-91(83,84)85)68-54(77)25-29-86-31-33-88-35-36-89-34-32-87-30-27-64-53(76)23-24-55(78)72-39-45-12-7-8-14-47(45)59-58(70-71-73(59)42(4)5)48-15-9-10-16-50(48)72/h7-10,12,14-20,41-42,44,49,57H,6,11,13,21-40H2,1-5H3,(H,64,76)(H,65,75)(H,67,80)(H,68,77)(H,69,81)(H3,63,66,82)(H,83,84,85)/t44-,49-,57+/m1/s1. The molecule has 0 bridgehead atoms. The minimum atomic E-state index is -4.38. The molecule has 3 atom stereocenters. The number of amides is 8. The Labute approximate surface area is 530 Å². The number of nitrogens with zero attached hydrogens (tertiary/aromatic N) is 4. The number of esters is 1. The lowest BCUT2D eigenvalue weighted by atomic mass is 9.89. The van der Waals surface area contributed by atoms with Crippen molar-refractivity contribution in [2.45, 2.75) is 124 Å². The zero-order valence-corrected chi connectivity index (χ0v) is 53.1. The lowest BCUT2D eigenvalue weighted by molar-refractivity contribution is -0.144. The molecule has 0 aliphatic carbocycles. The van der Waals surface area contributed by atoms with Crippen LogP contribution in [0.3, 0.4) is 0 Å². The van der Waals surface area contributed by atoms with Crippen LogP contribution in [0.1, 0.15) is 110 Å². The first-order valence-corrected chi connectivity index (χ1v) is 32.1. The number of fused-ring (bicyclic) bond motifs is 5. The second-order valence-corrected chi connectivity index (χ2v) is 23.6. The molecule has 0 spiro atoms. The molecule has 0 saturated carbocycles. The summed E-state index contributed by atoms with van der Waals surface area (Å²) >= 11 is 0. The summed E-state index contributed by atoms with van der Waals surface area (Å²) in [6.07, 6.45) is -0.610. The van der Waals surface area contributed by atoms with Gasteiger partial charge in [-0.25, -0.2) is 9.48 Å². The van der Waals surface area contributed by atoms with Crippen LogP contribution in [0.5, 0.6) is 0 Å². The Balaban J connectivity index is 0.994. The molecule has 1 aromatic heterocycles. The summed E-state index contributed by atoms with van der Waals surface area (Å²) in [5.41, 5.74) is 11.2. The highest BCUT2D eigenvalue weighted by Gasteiger charge is 2.33. The minimum Gasteiger partial charge on any atom is -0.461 e. The number of nitrogens with one attached hydrogen (secondary N) is 6. The molecule has 1 aliphatic heterocycles. The van der Waals surface area contributed by atoms with E-state index in [1.165, 1.54) is 0 Å². The molecule has 4 aromatic rings. The molecule has 0 saturated heterocycles. The van der Waals surface area contributed by atoms with Crippen LogP contribution in [0.15, 0.2) is 72.8 Å². The molecular formula is C62H87N11O17S. The Kier molecular flexibility index (Phi) is 31.1. The molecule has 28 nitrogen and oxygen atoms in total. The first-order valence-electron chi connectivity index (χ1n) is 30.5. The first-order chi connectivity index (χ1) is 43.5. The van der Waals surface area contributed by atoms with E-state index in [4.69, 9.17) is 34.0 Å². The molecule has 0 fully saturated rings. The highest BCUT2D eigenvalue weighted by Crippen LogP contribution is 2.42. The Bertz CT molecular complexity index is 3180. The molecule has 8 amide bonds. The number of ketones is 1. The largest absolute Gasteiger partial charge is 0.461 e. The number of anilines is 2. The van der Waals surface area contributed by atoms with Gasteiger partial charge in [-0.1, -0.05) is 80.6 Å². The van der Waals surface area contributed by atoms with Gasteiger partial charge in [0.1, 0.15) is 18.3 Å². The maximum absolute atomic E-state index is 14.0. The summed E-state index contributed by atoms with van der Waals surface area (Å²) in [6.45, 7) is 10.8. The molecule has 9 N–H and O–H groups in total. The van der Waals surface area contributed by atoms with Crippen LogP contribution in [-0.2, 0) is 85.3 Å². The smallest absolute Gasteiger partial charge is 0.312 e. The summed E-state index contributed by atoms with van der Waals surface area (Å²) < 4.78 is 60.8. The highest BCUT2D eigenvalue weighted by molar-refractivity contribution is 7.85. The van der Waals surface area contributed by atoms with E-state index >= 15 is 0 Å². The fraction of sp³-hybridized carbons (Fsp3) is 0.532. The highest BCUT2D eigenvalue weighted by atomic mass is 32.2. The van der Waals surface area contributed by atoms with Crippen molar-refractivity contribution in [1.29, 1.82) is 0 Å². The number of ether oxygens (including phenoxy) is 5. The number of benzene rings is 3. The van der Waals surface area contributed by atoms with Crippen LogP contribution in [0.4, 0.5) is 16.2 Å². The number of Topliss-reactive ketones (excluding diaryl/α,β-unsaturated/α-hetero) is 1. The monoisotopic (exact) mass is 1290 g/mol. The van der Waals surface area contributed by atoms with E-state index < -0.39 is 81.8 Å². The lowest BCUT2D eigenvalue weighted by Crippen LogP contribution is -2.53. The number of urea groups is 1. The number of aromatic nitrogens is 3. The molecule has 91 heavy (non-hydrogen) atoms. The van der Waals surface area contributed by atoms with Gasteiger partial charge in [-0.15, -0.1) is 5.10 Å².